The van der Waals surface area contributed by atoms with Crippen molar-refractivity contribution in [3.63, 3.8) is 0 Å². The van der Waals surface area contributed by atoms with Gasteiger partial charge < -0.3 is 10.6 Å². The van der Waals surface area contributed by atoms with Crippen molar-refractivity contribution in [1.29, 1.82) is 0 Å². The Morgan fingerprint density at radius 2 is 2.07 bits per heavy atom. The van der Waals surface area contributed by atoms with Gasteiger partial charge in [0.2, 0.25) is 0 Å². The van der Waals surface area contributed by atoms with Gasteiger partial charge in [0.15, 0.2) is 0 Å². The number of carbonyl (C=O) groups is 1. The Bertz CT molecular complexity index is 1030. The van der Waals surface area contributed by atoms with Gasteiger partial charge in [-0.3, -0.25) is 9.69 Å². The normalized spacial score (nSPS) is 14.8. The van der Waals surface area contributed by atoms with Gasteiger partial charge in [0.05, 0.1) is 15.3 Å². The zero-order chi connectivity index (χ0) is 20.2. The number of amides is 1. The largest absolute Gasteiger partial charge is 0.350 e. The molecule has 1 aliphatic heterocycles. The molecular formula is C19H19ClFN5OS2. The smallest absolute Gasteiger partial charge is 0.261 e. The predicted octanol–water partition coefficient (Wildman–Crippen LogP) is 4.01. The van der Waals surface area contributed by atoms with Crippen LogP contribution in [0.15, 0.2) is 30.6 Å². The quantitative estimate of drug-likeness (QED) is 0.590. The lowest BCUT2D eigenvalue weighted by atomic mass is 10.3. The minimum Gasteiger partial charge on any atom is -0.350 e. The number of nitrogens with one attached hydrogen (secondary N) is 2. The summed E-state index contributed by atoms with van der Waals surface area (Å²) in [6, 6.07) is 6.13. The summed E-state index contributed by atoms with van der Waals surface area (Å²) in [6.45, 7) is 3.61. The number of halogens is 2. The van der Waals surface area contributed by atoms with E-state index in [0.717, 1.165) is 36.5 Å². The summed E-state index contributed by atoms with van der Waals surface area (Å²) >= 11 is 9.13. The molecule has 3 heterocycles. The molecule has 4 rings (SSSR count). The number of aromatic nitrogens is 2. The molecule has 0 aliphatic carbocycles. The van der Waals surface area contributed by atoms with Crippen LogP contribution in [0.3, 0.4) is 0 Å². The lowest BCUT2D eigenvalue weighted by Gasteiger charge is -2.25. The third kappa shape index (κ3) is 4.98. The first-order valence-corrected chi connectivity index (χ1v) is 11.5. The van der Waals surface area contributed by atoms with E-state index in [2.05, 4.69) is 25.5 Å². The molecular weight excluding hydrogens is 433 g/mol. The molecule has 1 aliphatic rings. The van der Waals surface area contributed by atoms with E-state index in [0.29, 0.717) is 27.8 Å². The molecule has 0 atom stereocenters. The molecule has 0 saturated carbocycles. The maximum absolute atomic E-state index is 13.4. The molecule has 0 bridgehead atoms. The molecule has 0 unspecified atom stereocenters. The molecule has 10 heteroatoms. The summed E-state index contributed by atoms with van der Waals surface area (Å²) in [5.74, 6) is 2.24. The summed E-state index contributed by atoms with van der Waals surface area (Å²) in [7, 11) is 0. The minimum atomic E-state index is -0.483. The van der Waals surface area contributed by atoms with E-state index >= 15 is 0 Å². The lowest BCUT2D eigenvalue weighted by Crippen LogP contribution is -2.39. The topological polar surface area (TPSA) is 70.2 Å². The predicted molar refractivity (Wildman–Crippen MR) is 118 cm³/mol. The highest BCUT2D eigenvalue weighted by Crippen LogP contribution is 2.30. The van der Waals surface area contributed by atoms with Gasteiger partial charge in [-0.25, -0.2) is 14.4 Å². The number of benzene rings is 1. The highest BCUT2D eigenvalue weighted by atomic mass is 35.5. The summed E-state index contributed by atoms with van der Waals surface area (Å²) < 4.78 is 13.4. The zero-order valence-corrected chi connectivity index (χ0v) is 17.8. The molecule has 0 spiro atoms. The summed E-state index contributed by atoms with van der Waals surface area (Å²) in [6.07, 6.45) is 1.43. The number of hydrogen-bond donors (Lipinski definition) is 2. The van der Waals surface area contributed by atoms with E-state index in [1.165, 1.54) is 29.8 Å². The maximum Gasteiger partial charge on any atom is 0.261 e. The lowest BCUT2D eigenvalue weighted by molar-refractivity contribution is 0.0953. The van der Waals surface area contributed by atoms with Gasteiger partial charge in [-0.05, 0) is 24.3 Å². The van der Waals surface area contributed by atoms with Crippen molar-refractivity contribution < 1.29 is 9.18 Å². The molecule has 1 saturated heterocycles. The average Bonchev–Trinajstić information content (AvgIpc) is 3.17. The molecule has 2 N–H and O–H groups in total. The van der Waals surface area contributed by atoms with E-state index in [1.54, 1.807) is 12.1 Å². The van der Waals surface area contributed by atoms with Crippen molar-refractivity contribution in [2.45, 2.75) is 0 Å². The Hall–Kier alpha value is -1.94. The first kappa shape index (κ1) is 20.3. The fraction of sp³-hybridized carbons (Fsp3) is 0.316. The first-order chi connectivity index (χ1) is 14.1. The van der Waals surface area contributed by atoms with Crippen molar-refractivity contribution in [3.05, 3.63) is 46.3 Å². The van der Waals surface area contributed by atoms with Crippen LogP contribution in [-0.2, 0) is 0 Å². The minimum absolute atomic E-state index is 0.0259. The number of nitrogens with zero attached hydrogens (tertiary/aromatic N) is 3. The van der Waals surface area contributed by atoms with Gasteiger partial charge >= 0.3 is 0 Å². The van der Waals surface area contributed by atoms with Crippen LogP contribution in [0.5, 0.6) is 0 Å². The number of fused-ring (bicyclic) bond motifs is 1. The summed E-state index contributed by atoms with van der Waals surface area (Å²) in [5, 5.41) is 6.86. The Balaban J connectivity index is 1.45. The third-order valence-corrected chi connectivity index (χ3v) is 6.83. The van der Waals surface area contributed by atoms with Crippen LogP contribution in [0.2, 0.25) is 5.02 Å². The van der Waals surface area contributed by atoms with E-state index in [-0.39, 0.29) is 10.9 Å². The van der Waals surface area contributed by atoms with Gasteiger partial charge in [-0.1, -0.05) is 11.6 Å². The van der Waals surface area contributed by atoms with Gasteiger partial charge in [0.25, 0.3) is 5.91 Å². The molecule has 6 nitrogen and oxygen atoms in total. The summed E-state index contributed by atoms with van der Waals surface area (Å²) in [4.78, 5) is 24.7. The number of thiophene rings is 1. The van der Waals surface area contributed by atoms with Gasteiger partial charge in [0.1, 0.15) is 22.8 Å². The highest BCUT2D eigenvalue weighted by Gasteiger charge is 2.15. The van der Waals surface area contributed by atoms with Crippen molar-refractivity contribution in [2.24, 2.45) is 0 Å². The second kappa shape index (κ2) is 9.25. The number of rotatable bonds is 6. The first-order valence-electron chi connectivity index (χ1n) is 9.15. The SMILES string of the molecule is O=C(NCCN1CCSCC1)c1cc2c(Nc3ccc(F)c(Cl)c3)ncnc2s1. The van der Waals surface area contributed by atoms with Crippen LogP contribution >= 0.6 is 34.7 Å². The van der Waals surface area contributed by atoms with Crippen LogP contribution < -0.4 is 10.6 Å². The molecule has 1 fully saturated rings. The number of hydrogen-bond acceptors (Lipinski definition) is 7. The molecule has 3 aromatic rings. The van der Waals surface area contributed by atoms with Gasteiger partial charge in [-0.15, -0.1) is 11.3 Å². The van der Waals surface area contributed by atoms with Crippen LogP contribution in [-0.4, -0.2) is 58.5 Å². The Morgan fingerprint density at radius 1 is 1.24 bits per heavy atom. The van der Waals surface area contributed by atoms with Crippen LogP contribution in [0.1, 0.15) is 9.67 Å². The van der Waals surface area contributed by atoms with Crippen LogP contribution in [0.25, 0.3) is 10.2 Å². The van der Waals surface area contributed by atoms with Crippen LogP contribution in [0.4, 0.5) is 15.9 Å². The van der Waals surface area contributed by atoms with Crippen molar-refractivity contribution >= 4 is 62.3 Å². The molecule has 152 valence electrons. The average molecular weight is 452 g/mol. The second-order valence-corrected chi connectivity index (χ2v) is 9.18. The Kier molecular flexibility index (Phi) is 6.49. The molecule has 1 aromatic carbocycles. The number of thioether (sulfide) groups is 1. The fourth-order valence-electron chi connectivity index (χ4n) is 3.02. The molecule has 29 heavy (non-hydrogen) atoms. The Morgan fingerprint density at radius 3 is 2.86 bits per heavy atom. The monoisotopic (exact) mass is 451 g/mol. The van der Waals surface area contributed by atoms with Gasteiger partial charge in [0, 0.05) is 43.4 Å². The maximum atomic E-state index is 13.4. The number of anilines is 2. The van der Waals surface area contributed by atoms with E-state index in [4.69, 9.17) is 11.6 Å². The van der Waals surface area contributed by atoms with Crippen molar-refractivity contribution in [2.75, 3.05) is 43.0 Å². The highest BCUT2D eigenvalue weighted by molar-refractivity contribution is 7.99. The third-order valence-electron chi connectivity index (χ3n) is 4.55. The van der Waals surface area contributed by atoms with Crippen molar-refractivity contribution in [1.82, 2.24) is 20.2 Å². The number of carbonyl (C=O) groups excluding carboxylic acids is 1. The second-order valence-electron chi connectivity index (χ2n) is 6.52. The zero-order valence-electron chi connectivity index (χ0n) is 15.5. The Labute approximate surface area is 180 Å². The van der Waals surface area contributed by atoms with Gasteiger partial charge in [-0.2, -0.15) is 11.8 Å². The van der Waals surface area contributed by atoms with Crippen LogP contribution in [0, 0.1) is 5.82 Å². The summed E-state index contributed by atoms with van der Waals surface area (Å²) in [5.41, 5.74) is 0.605. The van der Waals surface area contributed by atoms with Crippen molar-refractivity contribution in [3.8, 4) is 0 Å². The molecule has 0 radical (unpaired) electrons. The van der Waals surface area contributed by atoms with E-state index in [9.17, 15) is 9.18 Å². The standard InChI is InChI=1S/C19H19ClFN5OS2/c20-14-9-12(1-2-15(14)21)25-17-13-10-16(29-19(13)24-11-23-17)18(27)22-3-4-26-5-7-28-8-6-26/h1-2,9-11H,3-8H2,(H,22,27)(H,23,24,25). The van der Waals surface area contributed by atoms with E-state index < -0.39 is 5.82 Å². The van der Waals surface area contributed by atoms with E-state index in [1.807, 2.05) is 11.8 Å². The molecule has 2 aromatic heterocycles. The fourth-order valence-corrected chi connectivity index (χ4v) is 5.09. The molecule has 1 amide bonds.